The van der Waals surface area contributed by atoms with E-state index in [1.807, 2.05) is 49.4 Å². The summed E-state index contributed by atoms with van der Waals surface area (Å²) in [5.74, 6) is 1.31. The zero-order valence-corrected chi connectivity index (χ0v) is 15.6. The molecule has 138 valence electrons. The van der Waals surface area contributed by atoms with Crippen LogP contribution in [0.2, 0.25) is 0 Å². The lowest BCUT2D eigenvalue weighted by atomic mass is 10.0. The van der Waals surface area contributed by atoms with Gasteiger partial charge in [-0.25, -0.2) is 13.1 Å². The maximum atomic E-state index is 12.6. The molecule has 1 N–H and O–H groups in total. The second-order valence-electron chi connectivity index (χ2n) is 6.40. The number of hydrogen-bond acceptors (Lipinski definition) is 4. The highest BCUT2D eigenvalue weighted by atomic mass is 32.2. The van der Waals surface area contributed by atoms with Gasteiger partial charge in [-0.05, 0) is 47.9 Å². The number of sulfonamides is 1. The number of ether oxygens (including phenoxy) is 2. The molecule has 0 amide bonds. The first-order valence-electron chi connectivity index (χ1n) is 8.57. The molecule has 0 bridgehead atoms. The Morgan fingerprint density at radius 2 is 1.48 bits per heavy atom. The van der Waals surface area contributed by atoms with E-state index in [9.17, 15) is 8.42 Å². The second kappa shape index (κ2) is 7.06. The van der Waals surface area contributed by atoms with E-state index < -0.39 is 10.0 Å². The van der Waals surface area contributed by atoms with Gasteiger partial charge >= 0.3 is 0 Å². The third-order valence-electron chi connectivity index (χ3n) is 4.45. The number of aryl methyl sites for hydroxylation is 1. The van der Waals surface area contributed by atoms with Crippen LogP contribution >= 0.6 is 0 Å². The van der Waals surface area contributed by atoms with Crippen LogP contribution in [-0.4, -0.2) is 15.2 Å². The smallest absolute Gasteiger partial charge is 0.240 e. The summed E-state index contributed by atoms with van der Waals surface area (Å²) in [6.07, 6.45) is 0. The summed E-state index contributed by atoms with van der Waals surface area (Å²) < 4.78 is 38.3. The molecule has 0 atom stereocenters. The van der Waals surface area contributed by atoms with Gasteiger partial charge < -0.3 is 9.47 Å². The molecular weight excluding hydrogens is 362 g/mol. The van der Waals surface area contributed by atoms with Crippen LogP contribution in [0.3, 0.4) is 0 Å². The monoisotopic (exact) mass is 381 g/mol. The van der Waals surface area contributed by atoms with Gasteiger partial charge in [0.2, 0.25) is 16.8 Å². The predicted molar refractivity (Wildman–Crippen MR) is 103 cm³/mol. The van der Waals surface area contributed by atoms with Crippen molar-refractivity contribution >= 4 is 10.0 Å². The maximum Gasteiger partial charge on any atom is 0.240 e. The minimum atomic E-state index is -3.60. The normalized spacial score (nSPS) is 12.9. The Morgan fingerprint density at radius 3 is 2.19 bits per heavy atom. The van der Waals surface area contributed by atoms with Gasteiger partial charge in [-0.2, -0.15) is 0 Å². The zero-order valence-electron chi connectivity index (χ0n) is 14.8. The third kappa shape index (κ3) is 3.82. The van der Waals surface area contributed by atoms with E-state index in [4.69, 9.17) is 9.47 Å². The average Bonchev–Trinajstić information content (AvgIpc) is 3.15. The van der Waals surface area contributed by atoms with E-state index >= 15 is 0 Å². The Morgan fingerprint density at radius 1 is 0.852 bits per heavy atom. The molecule has 3 aromatic rings. The maximum absolute atomic E-state index is 12.6. The number of benzene rings is 3. The van der Waals surface area contributed by atoms with Crippen molar-refractivity contribution in [1.29, 1.82) is 0 Å². The predicted octanol–water partition coefficient (Wildman–Crippen LogP) is 3.87. The summed E-state index contributed by atoms with van der Waals surface area (Å²) in [5, 5.41) is 0. The summed E-state index contributed by atoms with van der Waals surface area (Å²) in [5.41, 5.74) is 4.02. The molecule has 0 radical (unpaired) electrons. The Hall–Kier alpha value is -2.83. The van der Waals surface area contributed by atoms with Gasteiger partial charge in [-0.3, -0.25) is 0 Å². The van der Waals surface area contributed by atoms with Gasteiger partial charge in [-0.1, -0.05) is 48.0 Å². The van der Waals surface area contributed by atoms with Crippen molar-refractivity contribution in [2.24, 2.45) is 0 Å². The first-order valence-corrected chi connectivity index (χ1v) is 10.0. The lowest BCUT2D eigenvalue weighted by Gasteiger charge is -2.09. The van der Waals surface area contributed by atoms with Crippen molar-refractivity contribution < 1.29 is 17.9 Å². The minimum absolute atomic E-state index is 0.179. The van der Waals surface area contributed by atoms with Crippen molar-refractivity contribution in [1.82, 2.24) is 4.72 Å². The highest BCUT2D eigenvalue weighted by Crippen LogP contribution is 2.32. The molecule has 1 aliphatic rings. The van der Waals surface area contributed by atoms with Crippen molar-refractivity contribution in [3.8, 4) is 22.6 Å². The molecule has 0 unspecified atom stereocenters. The summed E-state index contributed by atoms with van der Waals surface area (Å²) in [7, 11) is -3.60. The van der Waals surface area contributed by atoms with Crippen LogP contribution in [0.1, 0.15) is 11.1 Å². The standard InChI is InChI=1S/C21H19NO4S/c1-15-2-5-17(6-3-15)18-7-9-19(10-8-18)27(23,24)22-13-16-4-11-20-21(12-16)26-14-25-20/h2-12,22H,13-14H2,1H3. The lowest BCUT2D eigenvalue weighted by molar-refractivity contribution is 0.174. The van der Waals surface area contributed by atoms with Gasteiger partial charge in [0.05, 0.1) is 4.90 Å². The highest BCUT2D eigenvalue weighted by molar-refractivity contribution is 7.89. The molecule has 4 rings (SSSR count). The van der Waals surface area contributed by atoms with Crippen LogP contribution in [0.5, 0.6) is 11.5 Å². The fourth-order valence-electron chi connectivity index (χ4n) is 2.89. The van der Waals surface area contributed by atoms with Crippen molar-refractivity contribution in [3.63, 3.8) is 0 Å². The van der Waals surface area contributed by atoms with E-state index in [-0.39, 0.29) is 18.2 Å². The largest absolute Gasteiger partial charge is 0.454 e. The Labute approximate surface area is 158 Å². The van der Waals surface area contributed by atoms with Gasteiger partial charge in [0, 0.05) is 6.54 Å². The summed E-state index contributed by atoms with van der Waals surface area (Å²) in [6.45, 7) is 2.40. The van der Waals surface area contributed by atoms with Crippen LogP contribution < -0.4 is 14.2 Å². The van der Waals surface area contributed by atoms with Crippen LogP contribution in [-0.2, 0) is 16.6 Å². The third-order valence-corrected chi connectivity index (χ3v) is 5.87. The molecule has 0 saturated heterocycles. The van der Waals surface area contributed by atoms with Crippen LogP contribution in [0.4, 0.5) is 0 Å². The Bertz CT molecular complexity index is 1060. The molecule has 1 heterocycles. The first kappa shape index (κ1) is 17.6. The fraction of sp³-hybridized carbons (Fsp3) is 0.143. The minimum Gasteiger partial charge on any atom is -0.454 e. The molecular formula is C21H19NO4S. The van der Waals surface area contributed by atoms with E-state index in [1.54, 1.807) is 24.3 Å². The van der Waals surface area contributed by atoms with Crippen molar-refractivity contribution in [3.05, 3.63) is 77.9 Å². The van der Waals surface area contributed by atoms with Crippen molar-refractivity contribution in [2.45, 2.75) is 18.4 Å². The molecule has 0 saturated carbocycles. The van der Waals surface area contributed by atoms with Crippen LogP contribution in [0, 0.1) is 6.92 Å². The topological polar surface area (TPSA) is 64.6 Å². The summed E-state index contributed by atoms with van der Waals surface area (Å²) in [4.78, 5) is 0.235. The summed E-state index contributed by atoms with van der Waals surface area (Å²) >= 11 is 0. The Balaban J connectivity index is 1.47. The fourth-order valence-corrected chi connectivity index (χ4v) is 3.90. The Kier molecular flexibility index (Phi) is 4.59. The molecule has 1 aliphatic heterocycles. The summed E-state index contributed by atoms with van der Waals surface area (Å²) in [6, 6.07) is 20.4. The van der Waals surface area contributed by atoms with E-state index in [0.717, 1.165) is 16.7 Å². The SMILES string of the molecule is Cc1ccc(-c2ccc(S(=O)(=O)NCc3ccc4c(c3)OCO4)cc2)cc1. The van der Waals surface area contributed by atoms with Crippen molar-refractivity contribution in [2.75, 3.05) is 6.79 Å². The number of nitrogens with one attached hydrogen (secondary N) is 1. The zero-order chi connectivity index (χ0) is 18.9. The molecule has 0 aliphatic carbocycles. The number of fused-ring (bicyclic) bond motifs is 1. The molecule has 0 aromatic heterocycles. The quantitative estimate of drug-likeness (QED) is 0.729. The van der Waals surface area contributed by atoms with E-state index in [0.29, 0.717) is 11.5 Å². The second-order valence-corrected chi connectivity index (χ2v) is 8.17. The van der Waals surface area contributed by atoms with Gasteiger partial charge in [0.25, 0.3) is 0 Å². The lowest BCUT2D eigenvalue weighted by Crippen LogP contribution is -2.23. The van der Waals surface area contributed by atoms with E-state index in [2.05, 4.69) is 4.72 Å². The highest BCUT2D eigenvalue weighted by Gasteiger charge is 2.16. The first-order chi connectivity index (χ1) is 13.0. The molecule has 0 fully saturated rings. The number of hydrogen-bond donors (Lipinski definition) is 1. The molecule has 3 aromatic carbocycles. The van der Waals surface area contributed by atoms with Gasteiger partial charge in [0.15, 0.2) is 11.5 Å². The average molecular weight is 381 g/mol. The van der Waals surface area contributed by atoms with Gasteiger partial charge in [0.1, 0.15) is 0 Å². The van der Waals surface area contributed by atoms with Crippen LogP contribution in [0.25, 0.3) is 11.1 Å². The van der Waals surface area contributed by atoms with E-state index in [1.165, 1.54) is 5.56 Å². The molecule has 6 heteroatoms. The molecule has 5 nitrogen and oxygen atoms in total. The van der Waals surface area contributed by atoms with Crippen LogP contribution in [0.15, 0.2) is 71.6 Å². The molecule has 0 spiro atoms. The number of rotatable bonds is 5. The van der Waals surface area contributed by atoms with Gasteiger partial charge in [-0.15, -0.1) is 0 Å². The molecule has 27 heavy (non-hydrogen) atoms.